The first-order valence-corrected chi connectivity index (χ1v) is 13.1. The monoisotopic (exact) mass is 554 g/mol. The van der Waals surface area contributed by atoms with E-state index in [2.05, 4.69) is 10.1 Å². The molecule has 2 atom stereocenters. The number of aromatic nitrogens is 2. The van der Waals surface area contributed by atoms with Crippen LogP contribution in [-0.4, -0.2) is 21.2 Å². The van der Waals surface area contributed by atoms with Crippen LogP contribution in [-0.2, 0) is 6.61 Å². The van der Waals surface area contributed by atoms with Crippen molar-refractivity contribution in [2.75, 3.05) is 0 Å². The molecule has 0 amide bonds. The lowest BCUT2D eigenvalue weighted by Crippen LogP contribution is -2.00. The van der Waals surface area contributed by atoms with Crippen molar-refractivity contribution in [3.63, 3.8) is 0 Å². The van der Waals surface area contributed by atoms with Gasteiger partial charge in [0.15, 0.2) is 0 Å². The van der Waals surface area contributed by atoms with Gasteiger partial charge in [-0.3, -0.25) is 0 Å². The quantitative estimate of drug-likeness (QED) is 0.236. The fourth-order valence-corrected chi connectivity index (χ4v) is 5.65. The fraction of sp³-hybridized carbons (Fsp3) is 0.250. The summed E-state index contributed by atoms with van der Waals surface area (Å²) in [4.78, 5) is 15.1. The van der Waals surface area contributed by atoms with Gasteiger partial charge in [0, 0.05) is 22.7 Å². The maximum atomic E-state index is 11.1. The van der Waals surface area contributed by atoms with Crippen LogP contribution >= 0.6 is 34.8 Å². The number of carboxylic acid groups (broad SMARTS) is 1. The molecule has 6 rings (SSSR count). The van der Waals surface area contributed by atoms with Gasteiger partial charge < -0.3 is 14.4 Å². The highest BCUT2D eigenvalue weighted by Crippen LogP contribution is 2.56. The summed E-state index contributed by atoms with van der Waals surface area (Å²) in [5.41, 5.74) is 4.17. The minimum Gasteiger partial charge on any atom is -0.489 e. The smallest absolute Gasteiger partial charge is 0.354 e. The van der Waals surface area contributed by atoms with Gasteiger partial charge in [0.05, 0.1) is 15.6 Å². The van der Waals surface area contributed by atoms with Crippen molar-refractivity contribution in [3.05, 3.63) is 97.9 Å². The Labute approximate surface area is 228 Å². The molecule has 0 bridgehead atoms. The van der Waals surface area contributed by atoms with Gasteiger partial charge in [-0.15, -0.1) is 0 Å². The Morgan fingerprint density at radius 3 is 2.46 bits per heavy atom. The molecule has 2 aromatic heterocycles. The number of carbonyl (C=O) groups is 1. The van der Waals surface area contributed by atoms with Crippen LogP contribution in [0.25, 0.3) is 11.3 Å². The molecule has 188 valence electrons. The molecule has 2 aromatic carbocycles. The first kappa shape index (κ1) is 24.3. The van der Waals surface area contributed by atoms with E-state index < -0.39 is 5.97 Å². The Morgan fingerprint density at radius 2 is 1.81 bits per heavy atom. The predicted octanol–water partition coefficient (Wildman–Crippen LogP) is 8.12. The van der Waals surface area contributed by atoms with Crippen molar-refractivity contribution < 1.29 is 19.2 Å². The summed E-state index contributed by atoms with van der Waals surface area (Å²) >= 11 is 19.6. The Bertz CT molecular complexity index is 1480. The Balaban J connectivity index is 1.19. The molecular formula is C28H21Cl3N2O4. The molecule has 2 heterocycles. The van der Waals surface area contributed by atoms with Gasteiger partial charge in [0.1, 0.15) is 29.5 Å². The van der Waals surface area contributed by atoms with Gasteiger partial charge in [-0.25, -0.2) is 9.78 Å². The van der Waals surface area contributed by atoms with Crippen molar-refractivity contribution in [1.29, 1.82) is 0 Å². The summed E-state index contributed by atoms with van der Waals surface area (Å²) in [5, 5.41) is 15.0. The van der Waals surface area contributed by atoms with E-state index in [0.717, 1.165) is 41.7 Å². The molecule has 1 unspecified atom stereocenters. The van der Waals surface area contributed by atoms with Crippen LogP contribution in [0.1, 0.15) is 70.0 Å². The van der Waals surface area contributed by atoms with Crippen molar-refractivity contribution in [3.8, 4) is 17.0 Å². The number of carboxylic acids is 1. The normalized spacial score (nSPS) is 18.6. The second-order valence-electron chi connectivity index (χ2n) is 9.45. The maximum Gasteiger partial charge on any atom is 0.354 e. The van der Waals surface area contributed by atoms with Gasteiger partial charge in [-0.1, -0.05) is 58.2 Å². The number of hydrogen-bond donors (Lipinski definition) is 1. The Morgan fingerprint density at radius 1 is 1.03 bits per heavy atom. The first-order valence-electron chi connectivity index (χ1n) is 11.9. The molecule has 9 heteroatoms. The molecule has 37 heavy (non-hydrogen) atoms. The Kier molecular flexibility index (Phi) is 6.35. The minimum absolute atomic E-state index is 0.0399. The van der Waals surface area contributed by atoms with E-state index in [4.69, 9.17) is 49.2 Å². The highest BCUT2D eigenvalue weighted by molar-refractivity contribution is 6.39. The third-order valence-corrected chi connectivity index (χ3v) is 7.90. The summed E-state index contributed by atoms with van der Waals surface area (Å²) in [6.45, 7) is 0.246. The molecule has 0 spiro atoms. The SMILES string of the molecule is O=C(O)c1ccc([C@H]2CC2c2ccc(OCc3c(-c4c(Cl)cccc4Cl)noc3C3CC3)cc2Cl)cn1. The number of aromatic carboxylic acids is 1. The van der Waals surface area contributed by atoms with E-state index in [-0.39, 0.29) is 24.1 Å². The van der Waals surface area contributed by atoms with Gasteiger partial charge in [-0.05, 0) is 72.6 Å². The zero-order valence-corrected chi connectivity index (χ0v) is 21.7. The van der Waals surface area contributed by atoms with Crippen LogP contribution in [0.4, 0.5) is 0 Å². The number of halogens is 3. The molecule has 2 fully saturated rings. The standard InChI is InChI=1S/C28H21Cl3N2O4/c29-21-2-1-3-22(30)25(21)26-20(27(37-33-26)14-4-5-14)13-36-16-7-8-17(23(31)10-16)19-11-18(19)15-6-9-24(28(34)35)32-12-15/h1-3,6-10,12,14,18-19H,4-5,11,13H2,(H,34,35)/t18-,19?/m1/s1. The number of hydrogen-bond acceptors (Lipinski definition) is 5. The maximum absolute atomic E-state index is 11.1. The largest absolute Gasteiger partial charge is 0.489 e. The molecule has 1 N–H and O–H groups in total. The number of nitrogens with zero attached hydrogens (tertiary/aromatic N) is 2. The van der Waals surface area contributed by atoms with Crippen molar-refractivity contribution >= 4 is 40.8 Å². The van der Waals surface area contributed by atoms with Crippen LogP contribution in [0.5, 0.6) is 5.75 Å². The van der Waals surface area contributed by atoms with Crippen molar-refractivity contribution in [2.24, 2.45) is 0 Å². The van der Waals surface area contributed by atoms with E-state index >= 15 is 0 Å². The number of benzene rings is 2. The minimum atomic E-state index is -1.03. The molecule has 2 saturated carbocycles. The van der Waals surface area contributed by atoms with Crippen LogP contribution in [0.3, 0.4) is 0 Å². The van der Waals surface area contributed by atoms with Gasteiger partial charge in [0.25, 0.3) is 0 Å². The molecule has 0 radical (unpaired) electrons. The lowest BCUT2D eigenvalue weighted by atomic mass is 10.0. The van der Waals surface area contributed by atoms with Gasteiger partial charge in [0.2, 0.25) is 0 Å². The third kappa shape index (κ3) is 4.81. The zero-order valence-electron chi connectivity index (χ0n) is 19.5. The average Bonchev–Trinajstić information content (AvgIpc) is 3.81. The summed E-state index contributed by atoms with van der Waals surface area (Å²) in [6, 6.07) is 14.4. The highest BCUT2D eigenvalue weighted by atomic mass is 35.5. The Hall–Kier alpha value is -3.06. The number of ether oxygens (including phenoxy) is 1. The fourth-order valence-electron chi connectivity index (χ4n) is 4.76. The van der Waals surface area contributed by atoms with E-state index in [0.29, 0.717) is 38.0 Å². The van der Waals surface area contributed by atoms with E-state index in [1.807, 2.05) is 24.3 Å². The summed E-state index contributed by atoms with van der Waals surface area (Å²) in [5.74, 6) is 1.27. The van der Waals surface area contributed by atoms with Crippen molar-refractivity contribution in [2.45, 2.75) is 43.6 Å². The first-order chi connectivity index (χ1) is 17.9. The molecule has 6 nitrogen and oxygen atoms in total. The number of rotatable bonds is 8. The van der Waals surface area contributed by atoms with Crippen LogP contribution in [0.2, 0.25) is 15.1 Å². The van der Waals surface area contributed by atoms with Crippen LogP contribution in [0, 0.1) is 0 Å². The van der Waals surface area contributed by atoms with Crippen LogP contribution in [0.15, 0.2) is 59.3 Å². The average molecular weight is 556 g/mol. The molecule has 2 aliphatic carbocycles. The summed E-state index contributed by atoms with van der Waals surface area (Å²) in [7, 11) is 0. The molecule has 0 aliphatic heterocycles. The number of pyridine rings is 1. The van der Waals surface area contributed by atoms with Crippen LogP contribution < -0.4 is 4.74 Å². The third-order valence-electron chi connectivity index (χ3n) is 6.94. The van der Waals surface area contributed by atoms with E-state index in [9.17, 15) is 4.79 Å². The topological polar surface area (TPSA) is 85.5 Å². The van der Waals surface area contributed by atoms with E-state index in [1.165, 1.54) is 6.07 Å². The second-order valence-corrected chi connectivity index (χ2v) is 10.7. The van der Waals surface area contributed by atoms with Gasteiger partial charge >= 0.3 is 5.97 Å². The lowest BCUT2D eigenvalue weighted by Gasteiger charge is -2.11. The molecular weight excluding hydrogens is 535 g/mol. The predicted molar refractivity (Wildman–Crippen MR) is 141 cm³/mol. The molecule has 2 aliphatic rings. The summed E-state index contributed by atoms with van der Waals surface area (Å²) in [6.07, 6.45) is 4.67. The summed E-state index contributed by atoms with van der Waals surface area (Å²) < 4.78 is 11.9. The van der Waals surface area contributed by atoms with E-state index in [1.54, 1.807) is 24.4 Å². The highest BCUT2D eigenvalue weighted by Gasteiger charge is 2.41. The molecule has 4 aromatic rings. The lowest BCUT2D eigenvalue weighted by molar-refractivity contribution is 0.0690. The van der Waals surface area contributed by atoms with Gasteiger partial charge in [-0.2, -0.15) is 0 Å². The second kappa shape index (κ2) is 9.67. The zero-order chi connectivity index (χ0) is 25.7. The van der Waals surface area contributed by atoms with Crippen molar-refractivity contribution in [1.82, 2.24) is 10.1 Å². The molecule has 0 saturated heterocycles.